The molecule has 1 unspecified atom stereocenters. The van der Waals surface area contributed by atoms with E-state index in [4.69, 9.17) is 0 Å². The van der Waals surface area contributed by atoms with Crippen molar-refractivity contribution in [2.45, 2.75) is 25.3 Å². The van der Waals surface area contributed by atoms with Crippen molar-refractivity contribution in [3.05, 3.63) is 35.4 Å². The predicted octanol–water partition coefficient (Wildman–Crippen LogP) is 1.49. The molecule has 0 amide bonds. The molecule has 0 aromatic heterocycles. The molecule has 0 saturated carbocycles. The van der Waals surface area contributed by atoms with Crippen molar-refractivity contribution in [3.8, 4) is 0 Å². The number of nitrogens with zero attached hydrogens (tertiary/aromatic N) is 3. The van der Waals surface area contributed by atoms with E-state index < -0.39 is 10.2 Å². The molecular weight excluding hydrogens is 298 g/mol. The Morgan fingerprint density at radius 2 is 1.77 bits per heavy atom. The number of fused-ring (bicyclic) bond motifs is 1. The van der Waals surface area contributed by atoms with Gasteiger partial charge in [-0.3, -0.25) is 4.90 Å². The van der Waals surface area contributed by atoms with Crippen LogP contribution in [0.2, 0.25) is 0 Å². The molecule has 5 nitrogen and oxygen atoms in total. The number of hydrogen-bond donors (Lipinski definition) is 0. The normalized spacial score (nSPS) is 24.4. The third-order valence-corrected chi connectivity index (χ3v) is 6.78. The monoisotopic (exact) mass is 323 g/mol. The number of piperazine rings is 1. The first-order valence-corrected chi connectivity index (χ1v) is 9.39. The maximum Gasteiger partial charge on any atom is 0.281 e. The molecule has 122 valence electrons. The summed E-state index contributed by atoms with van der Waals surface area (Å²) in [5.41, 5.74) is 2.90. The standard InChI is InChI=1S/C16H25N3O2S/c1-17(2)22(20,21)19-12-10-18(11-13-19)16-9-5-7-14-6-3-4-8-15(14)16/h3-4,6,8,16H,5,7,9-13H2,1-2H3. The van der Waals surface area contributed by atoms with Gasteiger partial charge in [-0.15, -0.1) is 0 Å². The summed E-state index contributed by atoms with van der Waals surface area (Å²) >= 11 is 0. The van der Waals surface area contributed by atoms with Gasteiger partial charge in [0.2, 0.25) is 0 Å². The highest BCUT2D eigenvalue weighted by atomic mass is 32.2. The molecule has 6 heteroatoms. The number of rotatable bonds is 3. The Morgan fingerprint density at radius 3 is 2.45 bits per heavy atom. The van der Waals surface area contributed by atoms with Crippen molar-refractivity contribution in [2.24, 2.45) is 0 Å². The van der Waals surface area contributed by atoms with Crippen LogP contribution in [0.1, 0.15) is 30.0 Å². The molecule has 0 spiro atoms. The molecule has 1 aromatic carbocycles. The molecule has 22 heavy (non-hydrogen) atoms. The van der Waals surface area contributed by atoms with Gasteiger partial charge in [-0.25, -0.2) is 0 Å². The Bertz CT molecular complexity index is 622. The van der Waals surface area contributed by atoms with Crippen molar-refractivity contribution in [1.82, 2.24) is 13.5 Å². The Kier molecular flexibility index (Phi) is 4.54. The molecule has 0 bridgehead atoms. The average Bonchev–Trinajstić information content (AvgIpc) is 2.54. The van der Waals surface area contributed by atoms with Gasteiger partial charge in [0.25, 0.3) is 10.2 Å². The quantitative estimate of drug-likeness (QED) is 0.846. The smallest absolute Gasteiger partial charge is 0.281 e. The zero-order chi connectivity index (χ0) is 15.7. The van der Waals surface area contributed by atoms with Crippen molar-refractivity contribution >= 4 is 10.2 Å². The van der Waals surface area contributed by atoms with E-state index in [1.165, 1.54) is 34.7 Å². The van der Waals surface area contributed by atoms with Crippen molar-refractivity contribution in [1.29, 1.82) is 0 Å². The van der Waals surface area contributed by atoms with Crippen LogP contribution in [0.3, 0.4) is 0 Å². The second kappa shape index (κ2) is 6.28. The van der Waals surface area contributed by atoms with Gasteiger partial charge in [-0.2, -0.15) is 17.0 Å². The predicted molar refractivity (Wildman–Crippen MR) is 87.9 cm³/mol. The minimum Gasteiger partial charge on any atom is -0.294 e. The van der Waals surface area contributed by atoms with Gasteiger partial charge in [0.15, 0.2) is 0 Å². The molecular formula is C16H25N3O2S. The van der Waals surface area contributed by atoms with Crippen LogP contribution in [-0.2, 0) is 16.6 Å². The Hall–Kier alpha value is -0.950. The van der Waals surface area contributed by atoms with E-state index in [0.29, 0.717) is 19.1 Å². The van der Waals surface area contributed by atoms with Gasteiger partial charge in [-0.05, 0) is 30.4 Å². The fourth-order valence-electron chi connectivity index (χ4n) is 3.58. The lowest BCUT2D eigenvalue weighted by atomic mass is 9.86. The molecule has 1 aliphatic heterocycles. The summed E-state index contributed by atoms with van der Waals surface area (Å²) in [6.07, 6.45) is 3.57. The third kappa shape index (κ3) is 2.93. The molecule has 1 atom stereocenters. The minimum atomic E-state index is -3.27. The number of aryl methyl sites for hydroxylation is 1. The first-order valence-electron chi connectivity index (χ1n) is 7.99. The summed E-state index contributed by atoms with van der Waals surface area (Å²) in [6.45, 7) is 2.79. The maximum atomic E-state index is 12.2. The lowest BCUT2D eigenvalue weighted by Gasteiger charge is -2.41. The fraction of sp³-hybridized carbons (Fsp3) is 0.625. The van der Waals surface area contributed by atoms with Crippen LogP contribution in [0.25, 0.3) is 0 Å². The maximum absolute atomic E-state index is 12.2. The van der Waals surface area contributed by atoms with Gasteiger partial charge in [0, 0.05) is 46.3 Å². The van der Waals surface area contributed by atoms with Crippen LogP contribution in [-0.4, -0.2) is 62.2 Å². The summed E-state index contributed by atoms with van der Waals surface area (Å²) < 4.78 is 27.3. The molecule has 0 N–H and O–H groups in total. The van der Waals surface area contributed by atoms with Crippen LogP contribution < -0.4 is 0 Å². The van der Waals surface area contributed by atoms with Gasteiger partial charge in [0.1, 0.15) is 0 Å². The largest absolute Gasteiger partial charge is 0.294 e. The molecule has 1 saturated heterocycles. The van der Waals surface area contributed by atoms with Crippen molar-refractivity contribution in [2.75, 3.05) is 40.3 Å². The van der Waals surface area contributed by atoms with Gasteiger partial charge < -0.3 is 0 Å². The van der Waals surface area contributed by atoms with E-state index in [2.05, 4.69) is 29.2 Å². The van der Waals surface area contributed by atoms with E-state index >= 15 is 0 Å². The summed E-state index contributed by atoms with van der Waals surface area (Å²) in [7, 11) is -0.0820. The summed E-state index contributed by atoms with van der Waals surface area (Å²) in [4.78, 5) is 2.46. The SMILES string of the molecule is CN(C)S(=O)(=O)N1CCN(C2CCCc3ccccc32)CC1. The summed E-state index contributed by atoms with van der Waals surface area (Å²) in [6, 6.07) is 9.15. The zero-order valence-corrected chi connectivity index (χ0v) is 14.2. The highest BCUT2D eigenvalue weighted by Gasteiger charge is 2.32. The summed E-state index contributed by atoms with van der Waals surface area (Å²) in [5.74, 6) is 0. The van der Waals surface area contributed by atoms with Crippen LogP contribution in [0, 0.1) is 0 Å². The second-order valence-corrected chi connectivity index (χ2v) is 8.47. The second-order valence-electron chi connectivity index (χ2n) is 6.33. The lowest BCUT2D eigenvalue weighted by molar-refractivity contribution is 0.123. The Labute approximate surface area is 133 Å². The minimum absolute atomic E-state index is 0.453. The molecule has 1 fully saturated rings. The van der Waals surface area contributed by atoms with Crippen LogP contribution in [0.4, 0.5) is 0 Å². The molecule has 0 radical (unpaired) electrons. The third-order valence-electron chi connectivity index (χ3n) is 4.84. The first-order chi connectivity index (χ1) is 10.5. The van der Waals surface area contributed by atoms with E-state index in [9.17, 15) is 8.42 Å². The Morgan fingerprint density at radius 1 is 1.09 bits per heavy atom. The van der Waals surface area contributed by atoms with Gasteiger partial charge >= 0.3 is 0 Å². The van der Waals surface area contributed by atoms with E-state index in [1.54, 1.807) is 18.4 Å². The number of benzene rings is 1. The average molecular weight is 323 g/mol. The van der Waals surface area contributed by atoms with E-state index in [0.717, 1.165) is 13.1 Å². The lowest BCUT2D eigenvalue weighted by Crippen LogP contribution is -2.52. The highest BCUT2D eigenvalue weighted by Crippen LogP contribution is 2.34. The van der Waals surface area contributed by atoms with Gasteiger partial charge in [-0.1, -0.05) is 24.3 Å². The zero-order valence-electron chi connectivity index (χ0n) is 13.4. The molecule has 2 aliphatic rings. The van der Waals surface area contributed by atoms with Crippen molar-refractivity contribution < 1.29 is 8.42 Å². The number of hydrogen-bond acceptors (Lipinski definition) is 3. The summed E-state index contributed by atoms with van der Waals surface area (Å²) in [5, 5.41) is 0. The fourth-order valence-corrected chi connectivity index (χ4v) is 4.67. The molecule has 1 aliphatic carbocycles. The molecule has 1 heterocycles. The van der Waals surface area contributed by atoms with Crippen molar-refractivity contribution in [3.63, 3.8) is 0 Å². The van der Waals surface area contributed by atoms with Gasteiger partial charge in [0.05, 0.1) is 0 Å². The Balaban J connectivity index is 1.71. The van der Waals surface area contributed by atoms with E-state index in [1.807, 2.05) is 0 Å². The highest BCUT2D eigenvalue weighted by molar-refractivity contribution is 7.86. The van der Waals surface area contributed by atoms with Crippen LogP contribution >= 0.6 is 0 Å². The molecule has 1 aromatic rings. The first kappa shape index (κ1) is 15.9. The molecule has 3 rings (SSSR count). The van der Waals surface area contributed by atoms with Crippen LogP contribution in [0.15, 0.2) is 24.3 Å². The van der Waals surface area contributed by atoms with E-state index in [-0.39, 0.29) is 0 Å². The van der Waals surface area contributed by atoms with Crippen LogP contribution in [0.5, 0.6) is 0 Å². The topological polar surface area (TPSA) is 43.9 Å².